The number of para-hydroxylation sites is 1. The average molecular weight is 375 g/mol. The van der Waals surface area contributed by atoms with Crippen LogP contribution in [0.1, 0.15) is 47.8 Å². The molecule has 26 heavy (non-hydrogen) atoms. The monoisotopic (exact) mass is 374 g/mol. The van der Waals surface area contributed by atoms with Crippen molar-refractivity contribution < 1.29 is 13.2 Å². The molecule has 2 aromatic rings. The van der Waals surface area contributed by atoms with E-state index in [0.717, 1.165) is 29.5 Å². The largest absolute Gasteiger partial charge is 0.352 e. The fourth-order valence-electron chi connectivity index (χ4n) is 2.84. The van der Waals surface area contributed by atoms with E-state index in [0.29, 0.717) is 17.8 Å². The highest BCUT2D eigenvalue weighted by Gasteiger charge is 2.20. The molecule has 1 amide bonds. The van der Waals surface area contributed by atoms with Crippen LogP contribution in [0.2, 0.25) is 0 Å². The van der Waals surface area contributed by atoms with Crippen LogP contribution < -0.4 is 10.0 Å². The molecular formula is C20H26N2O3S. The van der Waals surface area contributed by atoms with Crippen LogP contribution in [0.3, 0.4) is 0 Å². The molecule has 6 heteroatoms. The molecule has 0 atom stereocenters. The number of hydrogen-bond acceptors (Lipinski definition) is 3. The summed E-state index contributed by atoms with van der Waals surface area (Å²) < 4.78 is 28.6. The minimum Gasteiger partial charge on any atom is -0.352 e. The van der Waals surface area contributed by atoms with Crippen LogP contribution >= 0.6 is 0 Å². The van der Waals surface area contributed by atoms with E-state index in [4.69, 9.17) is 0 Å². The molecule has 0 radical (unpaired) electrons. The van der Waals surface area contributed by atoms with Crippen molar-refractivity contribution in [3.8, 4) is 0 Å². The zero-order valence-electron chi connectivity index (χ0n) is 15.7. The van der Waals surface area contributed by atoms with E-state index in [1.807, 2.05) is 39.0 Å². The Hall–Kier alpha value is -2.34. The highest BCUT2D eigenvalue weighted by Crippen LogP contribution is 2.26. The summed E-state index contributed by atoms with van der Waals surface area (Å²) in [6.07, 6.45) is 1.45. The molecule has 0 aliphatic carbocycles. The van der Waals surface area contributed by atoms with Crippen LogP contribution in [0.5, 0.6) is 0 Å². The average Bonchev–Trinajstić information content (AvgIpc) is 2.62. The molecule has 0 aromatic heterocycles. The number of aryl methyl sites for hydroxylation is 3. The summed E-state index contributed by atoms with van der Waals surface area (Å²) >= 11 is 0. The van der Waals surface area contributed by atoms with Gasteiger partial charge in [0.2, 0.25) is 0 Å². The van der Waals surface area contributed by atoms with Gasteiger partial charge in [-0.1, -0.05) is 38.1 Å². The van der Waals surface area contributed by atoms with Crippen molar-refractivity contribution in [3.05, 3.63) is 58.7 Å². The van der Waals surface area contributed by atoms with Crippen molar-refractivity contribution in [2.45, 2.75) is 45.4 Å². The van der Waals surface area contributed by atoms with Crippen LogP contribution in [0.15, 0.2) is 41.3 Å². The first-order valence-electron chi connectivity index (χ1n) is 8.86. The Kier molecular flexibility index (Phi) is 6.42. The van der Waals surface area contributed by atoms with Gasteiger partial charge in [0.25, 0.3) is 15.9 Å². The first-order valence-corrected chi connectivity index (χ1v) is 10.3. The predicted octanol–water partition coefficient (Wildman–Crippen LogP) is 3.67. The lowest BCUT2D eigenvalue weighted by atomic mass is 10.0. The predicted molar refractivity (Wildman–Crippen MR) is 105 cm³/mol. The Morgan fingerprint density at radius 2 is 1.62 bits per heavy atom. The van der Waals surface area contributed by atoms with E-state index in [9.17, 15) is 13.2 Å². The van der Waals surface area contributed by atoms with Gasteiger partial charge in [-0.3, -0.25) is 9.52 Å². The topological polar surface area (TPSA) is 75.3 Å². The van der Waals surface area contributed by atoms with E-state index in [-0.39, 0.29) is 10.8 Å². The molecular weight excluding hydrogens is 348 g/mol. The van der Waals surface area contributed by atoms with Gasteiger partial charge in [0.05, 0.1) is 10.6 Å². The Morgan fingerprint density at radius 3 is 2.15 bits per heavy atom. The molecule has 5 nitrogen and oxygen atoms in total. The van der Waals surface area contributed by atoms with E-state index < -0.39 is 10.0 Å². The number of sulfonamides is 1. The second-order valence-corrected chi connectivity index (χ2v) is 7.78. The van der Waals surface area contributed by atoms with Crippen LogP contribution in [-0.2, 0) is 22.9 Å². The smallest absolute Gasteiger partial charge is 0.261 e. The van der Waals surface area contributed by atoms with E-state index in [1.165, 1.54) is 12.1 Å². The van der Waals surface area contributed by atoms with Crippen molar-refractivity contribution in [1.82, 2.24) is 5.32 Å². The molecule has 0 bridgehead atoms. The molecule has 0 heterocycles. The minimum atomic E-state index is -3.80. The molecule has 0 saturated carbocycles. The SMILES string of the molecule is CCNC(=O)c1cc(S(=O)(=O)Nc2c(CC)cccc2CC)ccc1C. The normalized spacial score (nSPS) is 11.2. The van der Waals surface area contributed by atoms with Gasteiger partial charge in [0.1, 0.15) is 0 Å². The van der Waals surface area contributed by atoms with Crippen molar-refractivity contribution in [2.75, 3.05) is 11.3 Å². The number of hydrogen-bond donors (Lipinski definition) is 2. The maximum Gasteiger partial charge on any atom is 0.261 e. The van der Waals surface area contributed by atoms with Gasteiger partial charge in [-0.15, -0.1) is 0 Å². The van der Waals surface area contributed by atoms with Gasteiger partial charge >= 0.3 is 0 Å². The summed E-state index contributed by atoms with van der Waals surface area (Å²) in [5.74, 6) is -0.273. The Morgan fingerprint density at radius 1 is 1.00 bits per heavy atom. The van der Waals surface area contributed by atoms with Crippen LogP contribution in [0.25, 0.3) is 0 Å². The van der Waals surface area contributed by atoms with Gasteiger partial charge in [-0.2, -0.15) is 0 Å². The van der Waals surface area contributed by atoms with Gasteiger partial charge in [0.15, 0.2) is 0 Å². The number of amides is 1. The summed E-state index contributed by atoms with van der Waals surface area (Å²) in [5, 5.41) is 2.71. The number of carbonyl (C=O) groups is 1. The molecule has 140 valence electrons. The van der Waals surface area contributed by atoms with Crippen molar-refractivity contribution in [3.63, 3.8) is 0 Å². The quantitative estimate of drug-likeness (QED) is 0.776. The van der Waals surface area contributed by atoms with Gasteiger partial charge < -0.3 is 5.32 Å². The maximum absolute atomic E-state index is 12.9. The lowest BCUT2D eigenvalue weighted by Crippen LogP contribution is -2.24. The molecule has 0 fully saturated rings. The fraction of sp³-hybridized carbons (Fsp3) is 0.350. The number of carbonyl (C=O) groups excluding carboxylic acids is 1. The van der Waals surface area contributed by atoms with Crippen LogP contribution in [0.4, 0.5) is 5.69 Å². The fourth-order valence-corrected chi connectivity index (χ4v) is 4.00. The summed E-state index contributed by atoms with van der Waals surface area (Å²) in [7, 11) is -3.80. The summed E-state index contributed by atoms with van der Waals surface area (Å²) in [4.78, 5) is 12.3. The van der Waals surface area contributed by atoms with Crippen LogP contribution in [-0.4, -0.2) is 20.9 Å². The maximum atomic E-state index is 12.9. The first kappa shape index (κ1) is 20.0. The second kappa shape index (κ2) is 8.36. The van der Waals surface area contributed by atoms with E-state index in [1.54, 1.807) is 13.0 Å². The van der Waals surface area contributed by atoms with Crippen molar-refractivity contribution in [2.24, 2.45) is 0 Å². The van der Waals surface area contributed by atoms with Crippen molar-refractivity contribution in [1.29, 1.82) is 0 Å². The summed E-state index contributed by atoms with van der Waals surface area (Å²) in [5.41, 5.74) is 3.64. The molecule has 2 aromatic carbocycles. The number of nitrogens with one attached hydrogen (secondary N) is 2. The lowest BCUT2D eigenvalue weighted by Gasteiger charge is -2.16. The Labute approximate surface area is 155 Å². The van der Waals surface area contributed by atoms with Gasteiger partial charge in [0, 0.05) is 12.1 Å². The third kappa shape index (κ3) is 4.25. The number of benzene rings is 2. The van der Waals surface area contributed by atoms with Crippen LogP contribution in [0, 0.1) is 6.92 Å². The zero-order valence-corrected chi connectivity index (χ0v) is 16.5. The first-order chi connectivity index (χ1) is 12.3. The molecule has 0 aliphatic rings. The van der Waals surface area contributed by atoms with Gasteiger partial charge in [-0.25, -0.2) is 8.42 Å². The second-order valence-electron chi connectivity index (χ2n) is 6.10. The molecule has 0 unspecified atom stereocenters. The van der Waals surface area contributed by atoms with Crippen molar-refractivity contribution >= 4 is 21.6 Å². The molecule has 0 saturated heterocycles. The Balaban J connectivity index is 2.47. The summed E-state index contributed by atoms with van der Waals surface area (Å²) in [6, 6.07) is 10.4. The zero-order chi connectivity index (χ0) is 19.3. The highest BCUT2D eigenvalue weighted by molar-refractivity contribution is 7.92. The number of rotatable bonds is 7. The standard InChI is InChI=1S/C20H26N2O3S/c1-5-15-9-8-10-16(6-2)19(15)22-26(24,25)17-12-11-14(4)18(13-17)20(23)21-7-3/h8-13,22H,5-7H2,1-4H3,(H,21,23). The van der Waals surface area contributed by atoms with E-state index >= 15 is 0 Å². The Bertz CT molecular complexity index is 883. The third-order valence-corrected chi connectivity index (χ3v) is 5.68. The molecule has 2 N–H and O–H groups in total. The molecule has 0 aliphatic heterocycles. The summed E-state index contributed by atoms with van der Waals surface area (Å²) in [6.45, 7) is 8.08. The lowest BCUT2D eigenvalue weighted by molar-refractivity contribution is 0.0955. The molecule has 0 spiro atoms. The van der Waals surface area contributed by atoms with E-state index in [2.05, 4.69) is 10.0 Å². The third-order valence-electron chi connectivity index (χ3n) is 4.34. The van der Waals surface area contributed by atoms with Gasteiger partial charge in [-0.05, 0) is 55.5 Å². The molecule has 2 rings (SSSR count). The minimum absolute atomic E-state index is 0.0808. The highest BCUT2D eigenvalue weighted by atomic mass is 32.2. The number of anilines is 1.